The minimum absolute atomic E-state index is 0.0542. The summed E-state index contributed by atoms with van der Waals surface area (Å²) in [7, 11) is 0. The van der Waals surface area contributed by atoms with Crippen molar-refractivity contribution in [2.75, 3.05) is 6.61 Å². The van der Waals surface area contributed by atoms with E-state index in [0.29, 0.717) is 29.9 Å². The highest BCUT2D eigenvalue weighted by Gasteiger charge is 2.51. The molecule has 2 aromatic heterocycles. The van der Waals surface area contributed by atoms with E-state index in [2.05, 4.69) is 16.9 Å². The van der Waals surface area contributed by atoms with E-state index in [-0.39, 0.29) is 23.8 Å². The topological polar surface area (TPSA) is 55.3 Å². The van der Waals surface area contributed by atoms with Crippen molar-refractivity contribution in [1.82, 2.24) is 14.9 Å². The van der Waals surface area contributed by atoms with Gasteiger partial charge < -0.3 is 9.64 Å². The van der Waals surface area contributed by atoms with Crippen LogP contribution < -0.4 is 4.74 Å². The van der Waals surface area contributed by atoms with Crippen LogP contribution in [0.25, 0.3) is 10.6 Å². The lowest BCUT2D eigenvalue weighted by Crippen LogP contribution is -2.64. The van der Waals surface area contributed by atoms with Gasteiger partial charge >= 0.3 is 0 Å². The molecule has 3 aromatic rings. The maximum Gasteiger partial charge on any atom is 0.273 e. The van der Waals surface area contributed by atoms with Gasteiger partial charge in [0, 0.05) is 28.9 Å². The van der Waals surface area contributed by atoms with Gasteiger partial charge in [0.15, 0.2) is 0 Å². The van der Waals surface area contributed by atoms with E-state index in [0.717, 1.165) is 29.1 Å². The van der Waals surface area contributed by atoms with Gasteiger partial charge in [0.1, 0.15) is 28.9 Å². The number of fused-ring (bicyclic) bond motifs is 2. The molecule has 2 atom stereocenters. The zero-order valence-corrected chi connectivity index (χ0v) is 18.3. The first-order valence-electron chi connectivity index (χ1n) is 10.6. The van der Waals surface area contributed by atoms with Crippen LogP contribution in [0.1, 0.15) is 35.9 Å². The number of amides is 1. The van der Waals surface area contributed by atoms with Crippen LogP contribution in [0.3, 0.4) is 0 Å². The zero-order valence-electron chi connectivity index (χ0n) is 17.5. The molecule has 3 fully saturated rings. The molecule has 0 unspecified atom stereocenters. The predicted octanol–water partition coefficient (Wildman–Crippen LogP) is 4.97. The van der Waals surface area contributed by atoms with Crippen LogP contribution in [0.5, 0.6) is 5.75 Å². The third kappa shape index (κ3) is 3.71. The molecule has 0 N–H and O–H groups in total. The minimum atomic E-state index is -0.295. The number of piperidine rings is 2. The number of rotatable bonds is 5. The number of carbonyl (C=O) groups is 1. The molecule has 31 heavy (non-hydrogen) atoms. The second kappa shape index (κ2) is 8.04. The van der Waals surface area contributed by atoms with Gasteiger partial charge in [-0.2, -0.15) is 0 Å². The Bertz CT molecular complexity index is 1080. The quantitative estimate of drug-likeness (QED) is 0.566. The van der Waals surface area contributed by atoms with E-state index in [1.807, 2.05) is 29.3 Å². The fourth-order valence-corrected chi connectivity index (χ4v) is 5.42. The van der Waals surface area contributed by atoms with Gasteiger partial charge in [-0.15, -0.1) is 11.3 Å². The number of aromatic nitrogens is 2. The summed E-state index contributed by atoms with van der Waals surface area (Å²) in [5, 5.41) is 2.70. The molecule has 0 spiro atoms. The molecule has 3 aliphatic rings. The summed E-state index contributed by atoms with van der Waals surface area (Å²) in [6.07, 6.45) is 3.80. The summed E-state index contributed by atoms with van der Waals surface area (Å²) >= 11 is 1.50. The smallest absolute Gasteiger partial charge is 0.273 e. The number of hydrogen-bond acceptors (Lipinski definition) is 5. The Morgan fingerprint density at radius 2 is 2.00 bits per heavy atom. The minimum Gasteiger partial charge on any atom is -0.491 e. The summed E-state index contributed by atoms with van der Waals surface area (Å²) < 4.78 is 19.2. The molecule has 2 bridgehead atoms. The molecule has 1 amide bonds. The van der Waals surface area contributed by atoms with Crippen molar-refractivity contribution in [2.24, 2.45) is 11.8 Å². The molecule has 5 nitrogen and oxygen atoms in total. The van der Waals surface area contributed by atoms with E-state index in [1.54, 1.807) is 18.3 Å². The van der Waals surface area contributed by atoms with Gasteiger partial charge in [0.2, 0.25) is 0 Å². The van der Waals surface area contributed by atoms with Crippen LogP contribution in [-0.2, 0) is 0 Å². The first-order chi connectivity index (χ1) is 15.0. The Morgan fingerprint density at radius 3 is 2.71 bits per heavy atom. The van der Waals surface area contributed by atoms with Crippen molar-refractivity contribution in [3.05, 3.63) is 65.2 Å². The van der Waals surface area contributed by atoms with Crippen LogP contribution in [0.15, 0.2) is 48.0 Å². The number of nitrogens with zero attached hydrogens (tertiary/aromatic N) is 3. The third-order valence-electron chi connectivity index (χ3n) is 6.62. The lowest BCUT2D eigenvalue weighted by molar-refractivity contribution is -0.0672. The molecule has 2 aliphatic heterocycles. The number of thiazole rings is 1. The van der Waals surface area contributed by atoms with Crippen molar-refractivity contribution in [3.8, 4) is 16.3 Å². The van der Waals surface area contributed by atoms with Crippen molar-refractivity contribution >= 4 is 17.2 Å². The molecule has 4 heterocycles. The van der Waals surface area contributed by atoms with Crippen molar-refractivity contribution < 1.29 is 13.9 Å². The van der Waals surface area contributed by atoms with E-state index < -0.39 is 0 Å². The van der Waals surface area contributed by atoms with E-state index in [4.69, 9.17) is 4.74 Å². The van der Waals surface area contributed by atoms with Gasteiger partial charge in [-0.25, -0.2) is 14.4 Å². The van der Waals surface area contributed by atoms with Crippen LogP contribution in [0.4, 0.5) is 4.39 Å². The van der Waals surface area contributed by atoms with Gasteiger partial charge in [-0.3, -0.25) is 4.79 Å². The molecular formula is C24H24FN3O2S. The molecule has 2 saturated heterocycles. The maximum absolute atomic E-state index is 13.9. The maximum atomic E-state index is 13.9. The largest absolute Gasteiger partial charge is 0.491 e. The van der Waals surface area contributed by atoms with Crippen molar-refractivity contribution in [3.63, 3.8) is 0 Å². The Hall–Kier alpha value is -2.80. The van der Waals surface area contributed by atoms with Crippen molar-refractivity contribution in [2.45, 2.75) is 38.8 Å². The van der Waals surface area contributed by atoms with Gasteiger partial charge in [0.05, 0.1) is 6.04 Å². The highest BCUT2D eigenvalue weighted by Crippen LogP contribution is 2.47. The zero-order chi connectivity index (χ0) is 21.5. The Labute approximate surface area is 184 Å². The SMILES string of the molecule is Cc1ccc(-c2nccs2)c(C(=O)N2C3CC(C3)[C@@H](C)[C@H]2COc2ccc(F)cc2)n1. The van der Waals surface area contributed by atoms with Crippen LogP contribution >= 0.6 is 11.3 Å². The molecule has 160 valence electrons. The first-order valence-corrected chi connectivity index (χ1v) is 11.5. The van der Waals surface area contributed by atoms with E-state index >= 15 is 0 Å². The Kier molecular flexibility index (Phi) is 5.22. The number of pyridine rings is 1. The number of hydrogen-bond donors (Lipinski definition) is 0. The average Bonchev–Trinajstić information content (AvgIpc) is 3.27. The normalized spacial score (nSPS) is 24.5. The summed E-state index contributed by atoms with van der Waals surface area (Å²) in [5.74, 6) is 1.19. The van der Waals surface area contributed by atoms with Gasteiger partial charge in [-0.05, 0) is 68.0 Å². The number of ether oxygens (including phenoxy) is 1. The highest BCUT2D eigenvalue weighted by atomic mass is 32.1. The number of carbonyl (C=O) groups excluding carboxylic acids is 1. The molecule has 7 heteroatoms. The summed E-state index contributed by atoms with van der Waals surface area (Å²) in [6.45, 7) is 4.48. The molecule has 0 radical (unpaired) electrons. The lowest BCUT2D eigenvalue weighted by Gasteiger charge is -2.57. The molecular weight excluding hydrogens is 413 g/mol. The van der Waals surface area contributed by atoms with Gasteiger partial charge in [0.25, 0.3) is 5.91 Å². The summed E-state index contributed by atoms with van der Waals surface area (Å²) in [5.41, 5.74) is 2.04. The monoisotopic (exact) mass is 437 g/mol. The van der Waals surface area contributed by atoms with E-state index in [1.165, 1.54) is 23.5 Å². The van der Waals surface area contributed by atoms with E-state index in [9.17, 15) is 9.18 Å². The third-order valence-corrected chi connectivity index (χ3v) is 7.43. The Balaban J connectivity index is 1.45. The summed E-state index contributed by atoms with van der Waals surface area (Å²) in [6, 6.07) is 10.0. The second-order valence-electron chi connectivity index (χ2n) is 8.48. The highest BCUT2D eigenvalue weighted by molar-refractivity contribution is 7.13. The fraction of sp³-hybridized carbons (Fsp3) is 0.375. The Morgan fingerprint density at radius 1 is 1.23 bits per heavy atom. The van der Waals surface area contributed by atoms with Gasteiger partial charge in [-0.1, -0.05) is 6.92 Å². The molecule has 1 aromatic carbocycles. The number of aryl methyl sites for hydroxylation is 1. The first kappa shape index (κ1) is 20.1. The van der Waals surface area contributed by atoms with Crippen molar-refractivity contribution in [1.29, 1.82) is 0 Å². The molecule has 1 saturated carbocycles. The number of halogens is 1. The fourth-order valence-electron chi connectivity index (χ4n) is 4.76. The van der Waals surface area contributed by atoms with Crippen LogP contribution in [-0.4, -0.2) is 39.5 Å². The lowest BCUT2D eigenvalue weighted by atomic mass is 9.64. The summed E-state index contributed by atoms with van der Waals surface area (Å²) in [4.78, 5) is 24.9. The standard InChI is InChI=1S/C24H24FN3O2S/c1-14-3-8-20(23-26-9-10-31-23)22(27-14)24(29)28-18-11-16(12-18)15(2)21(28)13-30-19-6-4-17(25)5-7-19/h3-10,15-16,18,21H,11-13H2,1-2H3/t15-,16?,18?,21-/m1/s1. The molecule has 1 aliphatic carbocycles. The average molecular weight is 438 g/mol. The second-order valence-corrected chi connectivity index (χ2v) is 9.37. The number of benzene rings is 1. The molecule has 6 rings (SSSR count). The van der Waals surface area contributed by atoms with Crippen LogP contribution in [0, 0.1) is 24.6 Å². The van der Waals surface area contributed by atoms with Crippen LogP contribution in [0.2, 0.25) is 0 Å². The predicted molar refractivity (Wildman–Crippen MR) is 118 cm³/mol.